The average Bonchev–Trinajstić information content (AvgIpc) is 2.88. The summed E-state index contributed by atoms with van der Waals surface area (Å²) in [5.74, 6) is 0.379. The molecule has 1 aliphatic heterocycles. The Labute approximate surface area is 201 Å². The molecule has 2 aromatic carbocycles. The van der Waals surface area contributed by atoms with Gasteiger partial charge in [-0.2, -0.15) is 0 Å². The van der Waals surface area contributed by atoms with Crippen molar-refractivity contribution < 1.29 is 23.8 Å². The highest BCUT2D eigenvalue weighted by Gasteiger charge is 2.30. The highest BCUT2D eigenvalue weighted by atomic mass is 16.5. The van der Waals surface area contributed by atoms with Crippen molar-refractivity contribution in [1.29, 1.82) is 0 Å². The first-order valence-electron chi connectivity index (χ1n) is 11.2. The number of hydrogen-bond acceptors (Lipinski definition) is 6. The Morgan fingerprint density at radius 2 is 1.47 bits per heavy atom. The van der Waals surface area contributed by atoms with Crippen LogP contribution in [0.4, 0.5) is 0 Å². The number of hydrogen-bond donors (Lipinski definition) is 0. The lowest BCUT2D eigenvalue weighted by molar-refractivity contribution is -0.137. The molecular weight excluding hydrogens is 432 g/mol. The molecule has 2 aromatic rings. The number of likely N-dealkylation sites (N-methyl/N-ethyl adjacent to an activating group) is 1. The largest absolute Gasteiger partial charge is 0.497 e. The second-order valence-corrected chi connectivity index (χ2v) is 8.16. The van der Waals surface area contributed by atoms with Crippen LogP contribution in [0.25, 0.3) is 11.6 Å². The van der Waals surface area contributed by atoms with E-state index in [1.165, 1.54) is 7.11 Å². The number of carbonyl (C=O) groups is 2. The lowest BCUT2D eigenvalue weighted by atomic mass is 9.92. The van der Waals surface area contributed by atoms with E-state index >= 15 is 0 Å². The standard InChI is InChI=1S/C27H32N2O5/c1-19(21-16-22(32-3)18-23(17-21)33-4)25(27(31)34-5)24(15-20-9-7-6-8-10-20)26(30)29-13-11-28(2)12-14-29/h6-10,15-18H,11-14H2,1-5H3/b24-15+,25-19-. The molecule has 0 atom stereocenters. The van der Waals surface area contributed by atoms with Gasteiger partial charge in [-0.1, -0.05) is 30.3 Å². The summed E-state index contributed by atoms with van der Waals surface area (Å²) in [5.41, 5.74) is 2.61. The van der Waals surface area contributed by atoms with Gasteiger partial charge < -0.3 is 24.0 Å². The van der Waals surface area contributed by atoms with E-state index in [9.17, 15) is 9.59 Å². The van der Waals surface area contributed by atoms with Crippen molar-refractivity contribution in [2.45, 2.75) is 6.92 Å². The van der Waals surface area contributed by atoms with Crippen LogP contribution >= 0.6 is 0 Å². The molecule has 7 heteroatoms. The summed E-state index contributed by atoms with van der Waals surface area (Å²) in [6, 6.07) is 14.9. The number of nitrogens with zero attached hydrogens (tertiary/aromatic N) is 2. The summed E-state index contributed by atoms with van der Waals surface area (Å²) >= 11 is 0. The maximum absolute atomic E-state index is 13.8. The van der Waals surface area contributed by atoms with Crippen molar-refractivity contribution in [3.63, 3.8) is 0 Å². The van der Waals surface area contributed by atoms with Crippen LogP contribution < -0.4 is 9.47 Å². The van der Waals surface area contributed by atoms with Gasteiger partial charge in [-0.3, -0.25) is 4.79 Å². The van der Waals surface area contributed by atoms with Crippen molar-refractivity contribution in [3.8, 4) is 11.5 Å². The molecule has 0 aromatic heterocycles. The van der Waals surface area contributed by atoms with Crippen molar-refractivity contribution in [2.75, 3.05) is 54.6 Å². The van der Waals surface area contributed by atoms with Gasteiger partial charge in [0.25, 0.3) is 5.91 Å². The third-order valence-corrected chi connectivity index (χ3v) is 5.95. The maximum Gasteiger partial charge on any atom is 0.338 e. The highest BCUT2D eigenvalue weighted by molar-refractivity contribution is 6.16. The predicted octanol–water partition coefficient (Wildman–Crippen LogP) is 3.51. The Morgan fingerprint density at radius 1 is 0.882 bits per heavy atom. The van der Waals surface area contributed by atoms with E-state index < -0.39 is 5.97 Å². The first-order chi connectivity index (χ1) is 16.4. The molecule has 1 saturated heterocycles. The zero-order valence-electron chi connectivity index (χ0n) is 20.5. The number of piperazine rings is 1. The van der Waals surface area contributed by atoms with Crippen LogP contribution in [0.2, 0.25) is 0 Å². The van der Waals surface area contributed by atoms with Gasteiger partial charge in [0.2, 0.25) is 0 Å². The molecule has 34 heavy (non-hydrogen) atoms. The normalized spacial score (nSPS) is 15.4. The van der Waals surface area contributed by atoms with Crippen LogP contribution in [-0.2, 0) is 14.3 Å². The molecule has 0 N–H and O–H groups in total. The quantitative estimate of drug-likeness (QED) is 0.355. The predicted molar refractivity (Wildman–Crippen MR) is 133 cm³/mol. The first-order valence-corrected chi connectivity index (χ1v) is 11.2. The number of carbonyl (C=O) groups excluding carboxylic acids is 2. The Hall–Kier alpha value is -3.58. The summed E-state index contributed by atoms with van der Waals surface area (Å²) in [7, 11) is 6.48. The number of amides is 1. The van der Waals surface area contributed by atoms with Gasteiger partial charge in [-0.15, -0.1) is 0 Å². The van der Waals surface area contributed by atoms with E-state index in [2.05, 4.69) is 4.90 Å². The van der Waals surface area contributed by atoms with Gasteiger partial charge >= 0.3 is 5.97 Å². The number of rotatable bonds is 7. The van der Waals surface area contributed by atoms with Gasteiger partial charge in [0.1, 0.15) is 11.5 Å². The Balaban J connectivity index is 2.21. The second-order valence-electron chi connectivity index (χ2n) is 8.16. The van der Waals surface area contributed by atoms with Crippen LogP contribution in [-0.4, -0.2) is 76.2 Å². The van der Waals surface area contributed by atoms with E-state index in [1.54, 1.807) is 50.3 Å². The Morgan fingerprint density at radius 3 is 2.00 bits per heavy atom. The Bertz CT molecular complexity index is 1060. The molecule has 180 valence electrons. The van der Waals surface area contributed by atoms with Crippen LogP contribution in [0.1, 0.15) is 18.1 Å². The second kappa shape index (κ2) is 11.5. The molecule has 0 aliphatic carbocycles. The van der Waals surface area contributed by atoms with Crippen molar-refractivity contribution in [1.82, 2.24) is 9.80 Å². The minimum Gasteiger partial charge on any atom is -0.497 e. The molecule has 1 amide bonds. The lowest BCUT2D eigenvalue weighted by Gasteiger charge is -2.33. The molecule has 0 bridgehead atoms. The molecule has 1 fully saturated rings. The summed E-state index contributed by atoms with van der Waals surface area (Å²) < 4.78 is 16.0. The minimum absolute atomic E-state index is 0.202. The molecule has 1 heterocycles. The van der Waals surface area contributed by atoms with Gasteiger partial charge in [0.15, 0.2) is 0 Å². The average molecular weight is 465 g/mol. The summed E-state index contributed by atoms with van der Waals surface area (Å²) in [6.45, 7) is 4.52. The topological polar surface area (TPSA) is 68.3 Å². The van der Waals surface area contributed by atoms with Gasteiger partial charge in [0, 0.05) is 32.2 Å². The molecule has 0 spiro atoms. The molecule has 1 aliphatic rings. The third-order valence-electron chi connectivity index (χ3n) is 5.95. The summed E-state index contributed by atoms with van der Waals surface area (Å²) in [4.78, 5) is 30.9. The van der Waals surface area contributed by atoms with Crippen LogP contribution in [0, 0.1) is 0 Å². The monoisotopic (exact) mass is 464 g/mol. The van der Waals surface area contributed by atoms with E-state index in [-0.39, 0.29) is 11.5 Å². The van der Waals surface area contributed by atoms with Crippen molar-refractivity contribution in [3.05, 3.63) is 70.8 Å². The lowest BCUT2D eigenvalue weighted by Crippen LogP contribution is -2.48. The van der Waals surface area contributed by atoms with Crippen molar-refractivity contribution in [2.24, 2.45) is 0 Å². The SMILES string of the molecule is COC(=O)C(=C(/C)c1cc(OC)cc(OC)c1)/C(=C\c1ccccc1)C(=O)N1CCN(C)CC1. The molecule has 0 saturated carbocycles. The number of allylic oxidation sites excluding steroid dienone is 1. The van der Waals surface area contributed by atoms with E-state index in [4.69, 9.17) is 14.2 Å². The smallest absolute Gasteiger partial charge is 0.338 e. The highest BCUT2D eigenvalue weighted by Crippen LogP contribution is 2.32. The van der Waals surface area contributed by atoms with E-state index in [1.807, 2.05) is 37.4 Å². The number of methoxy groups -OCH3 is 3. The van der Waals surface area contributed by atoms with E-state index in [0.29, 0.717) is 41.3 Å². The summed E-state index contributed by atoms with van der Waals surface area (Å²) in [5, 5.41) is 0. The van der Waals surface area contributed by atoms with Gasteiger partial charge in [0.05, 0.1) is 32.5 Å². The fraction of sp³-hybridized carbons (Fsp3) is 0.333. The minimum atomic E-state index is -0.580. The van der Waals surface area contributed by atoms with Crippen molar-refractivity contribution >= 4 is 23.5 Å². The molecule has 0 radical (unpaired) electrons. The number of esters is 1. The Kier molecular flexibility index (Phi) is 8.49. The molecule has 3 rings (SSSR count). The summed E-state index contributed by atoms with van der Waals surface area (Å²) in [6.07, 6.45) is 1.76. The maximum atomic E-state index is 13.8. The molecule has 0 unspecified atom stereocenters. The zero-order valence-corrected chi connectivity index (χ0v) is 20.5. The zero-order chi connectivity index (χ0) is 24.7. The van der Waals surface area contributed by atoms with Gasteiger partial charge in [-0.05, 0) is 48.9 Å². The van der Waals surface area contributed by atoms with Crippen LogP contribution in [0.5, 0.6) is 11.5 Å². The molecular formula is C27H32N2O5. The van der Waals surface area contributed by atoms with Crippen LogP contribution in [0.15, 0.2) is 59.7 Å². The third kappa shape index (κ3) is 5.85. The fourth-order valence-corrected chi connectivity index (χ4v) is 3.87. The van der Waals surface area contributed by atoms with Crippen LogP contribution in [0.3, 0.4) is 0 Å². The van der Waals surface area contributed by atoms with Gasteiger partial charge in [-0.25, -0.2) is 4.79 Å². The molecule has 7 nitrogen and oxygen atoms in total. The van der Waals surface area contributed by atoms with E-state index in [0.717, 1.165) is 18.7 Å². The first kappa shape index (κ1) is 25.1. The fourth-order valence-electron chi connectivity index (χ4n) is 3.87. The number of ether oxygens (including phenoxy) is 3. The number of benzene rings is 2.